The summed E-state index contributed by atoms with van der Waals surface area (Å²) in [6.45, 7) is -0.570. The van der Waals surface area contributed by atoms with E-state index in [9.17, 15) is 22.8 Å². The van der Waals surface area contributed by atoms with Crippen molar-refractivity contribution in [2.24, 2.45) is 0 Å². The summed E-state index contributed by atoms with van der Waals surface area (Å²) in [5.41, 5.74) is -0.0193. The Bertz CT molecular complexity index is 980. The zero-order valence-electron chi connectivity index (χ0n) is 12.5. The van der Waals surface area contributed by atoms with Gasteiger partial charge in [0.15, 0.2) is 0 Å². The molecule has 1 heterocycles. The maximum Gasteiger partial charge on any atom is 0.437 e. The van der Waals surface area contributed by atoms with Gasteiger partial charge in [0, 0.05) is 11.6 Å². The minimum absolute atomic E-state index is 0.102. The van der Waals surface area contributed by atoms with E-state index < -0.39 is 35.7 Å². The molecule has 0 spiro atoms. The van der Waals surface area contributed by atoms with Crippen LogP contribution in [0.25, 0.3) is 11.5 Å². The Kier molecular flexibility index (Phi) is 4.38. The third kappa shape index (κ3) is 3.77. The van der Waals surface area contributed by atoms with E-state index in [0.717, 1.165) is 30.3 Å². The average molecular weight is 349 g/mol. The number of carbonyl (C=O) groups excluding carboxylic acids is 1. The molecule has 0 unspecified atom stereocenters. The topological polar surface area (TPSA) is 77.1 Å². The molecule has 1 N–H and O–H groups in total. The Morgan fingerprint density at radius 3 is 2.48 bits per heavy atom. The lowest BCUT2D eigenvalue weighted by atomic mass is 10.2. The van der Waals surface area contributed by atoms with E-state index >= 15 is 0 Å². The van der Waals surface area contributed by atoms with Crippen LogP contribution >= 0.6 is 0 Å². The van der Waals surface area contributed by atoms with Gasteiger partial charge in [-0.2, -0.15) is 4.68 Å². The van der Waals surface area contributed by atoms with Crippen LogP contribution in [0.5, 0.6) is 0 Å². The van der Waals surface area contributed by atoms with Crippen molar-refractivity contribution in [2.45, 2.75) is 6.54 Å². The third-order valence-corrected chi connectivity index (χ3v) is 3.19. The van der Waals surface area contributed by atoms with Crippen LogP contribution in [0, 0.1) is 17.5 Å². The first kappa shape index (κ1) is 16.5. The molecule has 2 aromatic carbocycles. The van der Waals surface area contributed by atoms with Gasteiger partial charge < -0.3 is 9.73 Å². The quantitative estimate of drug-likeness (QED) is 0.785. The Morgan fingerprint density at radius 2 is 1.76 bits per heavy atom. The maximum atomic E-state index is 13.5. The highest BCUT2D eigenvalue weighted by molar-refractivity contribution is 5.90. The number of nitrogens with zero attached hydrogens (tertiary/aromatic N) is 2. The monoisotopic (exact) mass is 349 g/mol. The molecular formula is C16H10F3N3O3. The Morgan fingerprint density at radius 1 is 1.08 bits per heavy atom. The van der Waals surface area contributed by atoms with Gasteiger partial charge in [0.1, 0.15) is 24.0 Å². The first-order valence-corrected chi connectivity index (χ1v) is 7.01. The van der Waals surface area contributed by atoms with E-state index in [1.165, 1.54) is 12.1 Å². The van der Waals surface area contributed by atoms with Gasteiger partial charge in [-0.3, -0.25) is 4.79 Å². The van der Waals surface area contributed by atoms with Crippen molar-refractivity contribution in [1.82, 2.24) is 9.78 Å². The number of benzene rings is 2. The standard InChI is InChI=1S/C16H10F3N3O3/c17-10-3-1-9(2-4-10)15-21-22(16(24)25-15)8-14(23)20-13-7-11(18)5-6-12(13)19/h1-7H,8H2,(H,20,23). The number of nitrogens with one attached hydrogen (secondary N) is 1. The van der Waals surface area contributed by atoms with Gasteiger partial charge in [-0.15, -0.1) is 5.10 Å². The summed E-state index contributed by atoms with van der Waals surface area (Å²) >= 11 is 0. The fourth-order valence-electron chi connectivity index (χ4n) is 2.03. The molecule has 0 bridgehead atoms. The number of anilines is 1. The first-order valence-electron chi connectivity index (χ1n) is 7.01. The van der Waals surface area contributed by atoms with Crippen LogP contribution in [0.2, 0.25) is 0 Å². The van der Waals surface area contributed by atoms with E-state index in [-0.39, 0.29) is 11.6 Å². The molecule has 0 radical (unpaired) electrons. The summed E-state index contributed by atoms with van der Waals surface area (Å²) in [6, 6.07) is 7.60. The fraction of sp³-hybridized carbons (Fsp3) is 0.0625. The van der Waals surface area contributed by atoms with Crippen LogP contribution in [0.3, 0.4) is 0 Å². The molecule has 0 saturated heterocycles. The number of halogens is 3. The normalized spacial score (nSPS) is 10.7. The number of amides is 1. The summed E-state index contributed by atoms with van der Waals surface area (Å²) in [5, 5.41) is 5.96. The molecule has 128 valence electrons. The smallest absolute Gasteiger partial charge is 0.388 e. The minimum Gasteiger partial charge on any atom is -0.388 e. The van der Waals surface area contributed by atoms with E-state index in [1.807, 2.05) is 0 Å². The predicted octanol–water partition coefficient (Wildman–Crippen LogP) is 2.56. The van der Waals surface area contributed by atoms with Gasteiger partial charge in [-0.1, -0.05) is 0 Å². The number of rotatable bonds is 4. The van der Waals surface area contributed by atoms with Crippen molar-refractivity contribution >= 4 is 11.6 Å². The molecule has 0 aliphatic rings. The van der Waals surface area contributed by atoms with Crippen molar-refractivity contribution < 1.29 is 22.4 Å². The molecule has 0 aliphatic carbocycles. The van der Waals surface area contributed by atoms with E-state index in [2.05, 4.69) is 10.4 Å². The Hall–Kier alpha value is -3.36. The highest BCUT2D eigenvalue weighted by atomic mass is 19.1. The Balaban J connectivity index is 1.77. The largest absolute Gasteiger partial charge is 0.437 e. The van der Waals surface area contributed by atoms with Crippen LogP contribution in [0.1, 0.15) is 0 Å². The van der Waals surface area contributed by atoms with Crippen LogP contribution in [0.15, 0.2) is 51.7 Å². The van der Waals surface area contributed by atoms with Crippen molar-refractivity contribution in [2.75, 3.05) is 5.32 Å². The second kappa shape index (κ2) is 6.63. The lowest BCUT2D eigenvalue weighted by Gasteiger charge is -2.05. The lowest BCUT2D eigenvalue weighted by molar-refractivity contribution is -0.117. The SMILES string of the molecule is O=C(Cn1nc(-c2ccc(F)cc2)oc1=O)Nc1cc(F)ccc1F. The molecule has 6 nitrogen and oxygen atoms in total. The molecule has 0 atom stereocenters. The predicted molar refractivity (Wildman–Crippen MR) is 81.1 cm³/mol. The lowest BCUT2D eigenvalue weighted by Crippen LogP contribution is -2.26. The number of hydrogen-bond donors (Lipinski definition) is 1. The number of hydrogen-bond acceptors (Lipinski definition) is 4. The molecule has 1 amide bonds. The van der Waals surface area contributed by atoms with Gasteiger partial charge >= 0.3 is 5.76 Å². The van der Waals surface area contributed by atoms with Crippen molar-refractivity contribution in [3.05, 3.63) is 70.5 Å². The van der Waals surface area contributed by atoms with Crippen LogP contribution in [-0.4, -0.2) is 15.7 Å². The molecule has 0 fully saturated rings. The minimum atomic E-state index is -0.922. The van der Waals surface area contributed by atoms with E-state index in [0.29, 0.717) is 10.2 Å². The van der Waals surface area contributed by atoms with E-state index in [1.54, 1.807) is 0 Å². The molecule has 3 rings (SSSR count). The fourth-order valence-corrected chi connectivity index (χ4v) is 2.03. The summed E-state index contributed by atoms with van der Waals surface area (Å²) in [7, 11) is 0. The molecule has 0 saturated carbocycles. The molecule has 3 aromatic rings. The van der Waals surface area contributed by atoms with Gasteiger partial charge in [0.05, 0.1) is 5.69 Å². The first-order chi connectivity index (χ1) is 11.9. The summed E-state index contributed by atoms with van der Waals surface area (Å²) in [4.78, 5) is 23.6. The van der Waals surface area contributed by atoms with Crippen LogP contribution in [-0.2, 0) is 11.3 Å². The van der Waals surface area contributed by atoms with E-state index in [4.69, 9.17) is 4.42 Å². The second-order valence-corrected chi connectivity index (χ2v) is 5.01. The van der Waals surface area contributed by atoms with Crippen LogP contribution < -0.4 is 11.1 Å². The van der Waals surface area contributed by atoms with Crippen molar-refractivity contribution in [1.29, 1.82) is 0 Å². The molecule has 9 heteroatoms. The Labute approximate surface area is 138 Å². The summed E-state index contributed by atoms with van der Waals surface area (Å²) < 4.78 is 45.1. The summed E-state index contributed by atoms with van der Waals surface area (Å²) in [5.74, 6) is -3.85. The van der Waals surface area contributed by atoms with Gasteiger partial charge in [0.25, 0.3) is 0 Å². The molecule has 1 aromatic heterocycles. The average Bonchev–Trinajstić information content (AvgIpc) is 2.92. The van der Waals surface area contributed by atoms with Crippen molar-refractivity contribution in [3.8, 4) is 11.5 Å². The maximum absolute atomic E-state index is 13.5. The third-order valence-electron chi connectivity index (χ3n) is 3.19. The zero-order valence-corrected chi connectivity index (χ0v) is 12.5. The number of aromatic nitrogens is 2. The highest BCUT2D eigenvalue weighted by Crippen LogP contribution is 2.16. The number of carbonyl (C=O) groups is 1. The highest BCUT2D eigenvalue weighted by Gasteiger charge is 2.15. The van der Waals surface area contributed by atoms with Gasteiger partial charge in [-0.05, 0) is 36.4 Å². The van der Waals surface area contributed by atoms with Crippen LogP contribution in [0.4, 0.5) is 18.9 Å². The van der Waals surface area contributed by atoms with Gasteiger partial charge in [0.2, 0.25) is 11.8 Å². The zero-order chi connectivity index (χ0) is 18.0. The molecular weight excluding hydrogens is 339 g/mol. The second-order valence-electron chi connectivity index (χ2n) is 5.01. The van der Waals surface area contributed by atoms with Gasteiger partial charge in [-0.25, -0.2) is 18.0 Å². The molecule has 0 aliphatic heterocycles. The van der Waals surface area contributed by atoms with Crippen molar-refractivity contribution in [3.63, 3.8) is 0 Å². The molecule has 25 heavy (non-hydrogen) atoms. The summed E-state index contributed by atoms with van der Waals surface area (Å²) in [6.07, 6.45) is 0.